The molecule has 1 saturated heterocycles. The Labute approximate surface area is 173 Å². The Balaban J connectivity index is 0.00000312. The van der Waals surface area contributed by atoms with Gasteiger partial charge in [0.1, 0.15) is 12.4 Å². The molecular weight excluding hydrogens is 447 g/mol. The molecule has 1 atom stereocenters. The van der Waals surface area contributed by atoms with Crippen molar-refractivity contribution in [1.29, 1.82) is 0 Å². The van der Waals surface area contributed by atoms with E-state index < -0.39 is 0 Å². The number of nitrogens with zero attached hydrogens (tertiary/aromatic N) is 3. The molecule has 1 aliphatic rings. The minimum Gasteiger partial charge on any atom is -0.492 e. The number of piperazine rings is 1. The molecule has 0 spiro atoms. The van der Waals surface area contributed by atoms with Gasteiger partial charge in [-0.2, -0.15) is 11.8 Å². The number of guanidine groups is 1. The molecule has 5 nitrogen and oxygen atoms in total. The largest absolute Gasteiger partial charge is 0.492 e. The zero-order valence-electron chi connectivity index (χ0n) is 15.5. The first kappa shape index (κ1) is 22.4. The van der Waals surface area contributed by atoms with Crippen molar-refractivity contribution in [1.82, 2.24) is 15.1 Å². The summed E-state index contributed by atoms with van der Waals surface area (Å²) >= 11 is 1.87. The fourth-order valence-corrected chi connectivity index (χ4v) is 2.89. The van der Waals surface area contributed by atoms with Crippen molar-refractivity contribution in [3.05, 3.63) is 30.3 Å². The third kappa shape index (κ3) is 8.04. The summed E-state index contributed by atoms with van der Waals surface area (Å²) in [7, 11) is 1.87. The van der Waals surface area contributed by atoms with E-state index in [1.54, 1.807) is 0 Å². The summed E-state index contributed by atoms with van der Waals surface area (Å²) in [5.74, 6) is 1.97. The number of benzene rings is 1. The molecule has 0 aromatic heterocycles. The van der Waals surface area contributed by atoms with Crippen LogP contribution in [0.15, 0.2) is 35.3 Å². The Kier molecular flexibility index (Phi) is 11.3. The summed E-state index contributed by atoms with van der Waals surface area (Å²) in [6.45, 7) is 9.03. The highest BCUT2D eigenvalue weighted by atomic mass is 127. The number of thioether (sulfide) groups is 1. The molecule has 25 heavy (non-hydrogen) atoms. The minimum atomic E-state index is 0. The van der Waals surface area contributed by atoms with Gasteiger partial charge in [0.15, 0.2) is 5.96 Å². The van der Waals surface area contributed by atoms with Crippen molar-refractivity contribution in [3.63, 3.8) is 0 Å². The predicted octanol–water partition coefficient (Wildman–Crippen LogP) is 2.63. The van der Waals surface area contributed by atoms with Crippen LogP contribution in [0.1, 0.15) is 6.92 Å². The summed E-state index contributed by atoms with van der Waals surface area (Å²) < 4.78 is 5.79. The van der Waals surface area contributed by atoms with Crippen LogP contribution in [0, 0.1) is 0 Å². The van der Waals surface area contributed by atoms with Crippen LogP contribution in [0.5, 0.6) is 5.75 Å². The SMILES string of the molecule is CN=C(NCC(C)SC)N1CCN(CCOc2ccccc2)CC1.I. The van der Waals surface area contributed by atoms with Crippen LogP contribution in [0.2, 0.25) is 0 Å². The van der Waals surface area contributed by atoms with Crippen LogP contribution in [0.4, 0.5) is 0 Å². The number of halogens is 1. The van der Waals surface area contributed by atoms with Crippen LogP contribution >= 0.6 is 35.7 Å². The number of aliphatic imine (C=N–C) groups is 1. The van der Waals surface area contributed by atoms with Gasteiger partial charge in [-0.1, -0.05) is 25.1 Å². The number of hydrogen-bond acceptors (Lipinski definition) is 4. The number of ether oxygens (including phenoxy) is 1. The van der Waals surface area contributed by atoms with Gasteiger partial charge in [-0.3, -0.25) is 9.89 Å². The van der Waals surface area contributed by atoms with E-state index in [9.17, 15) is 0 Å². The third-order valence-electron chi connectivity index (χ3n) is 4.25. The van der Waals surface area contributed by atoms with Gasteiger partial charge in [0, 0.05) is 51.6 Å². The van der Waals surface area contributed by atoms with E-state index in [1.165, 1.54) is 0 Å². The van der Waals surface area contributed by atoms with E-state index in [-0.39, 0.29) is 24.0 Å². The second-order valence-corrected chi connectivity index (χ2v) is 7.24. The van der Waals surface area contributed by atoms with Gasteiger partial charge in [0.2, 0.25) is 0 Å². The van der Waals surface area contributed by atoms with Crippen molar-refractivity contribution in [2.45, 2.75) is 12.2 Å². The lowest BCUT2D eigenvalue weighted by molar-refractivity contribution is 0.152. The highest BCUT2D eigenvalue weighted by Gasteiger charge is 2.19. The van der Waals surface area contributed by atoms with E-state index in [0.717, 1.165) is 57.6 Å². The van der Waals surface area contributed by atoms with E-state index in [1.807, 2.05) is 49.1 Å². The Morgan fingerprint density at radius 2 is 1.92 bits per heavy atom. The maximum Gasteiger partial charge on any atom is 0.193 e. The van der Waals surface area contributed by atoms with E-state index >= 15 is 0 Å². The fourth-order valence-electron chi connectivity index (χ4n) is 2.64. The van der Waals surface area contributed by atoms with Gasteiger partial charge in [-0.05, 0) is 18.4 Å². The normalized spacial score (nSPS) is 16.9. The Hall–Kier alpha value is -0.670. The van der Waals surface area contributed by atoms with E-state index in [4.69, 9.17) is 4.74 Å². The van der Waals surface area contributed by atoms with Gasteiger partial charge in [-0.15, -0.1) is 24.0 Å². The van der Waals surface area contributed by atoms with Crippen molar-refractivity contribution < 1.29 is 4.74 Å². The first-order valence-electron chi connectivity index (χ1n) is 8.61. The number of hydrogen-bond donors (Lipinski definition) is 1. The van der Waals surface area contributed by atoms with Gasteiger partial charge in [-0.25, -0.2) is 0 Å². The highest BCUT2D eigenvalue weighted by Crippen LogP contribution is 2.09. The fraction of sp³-hybridized carbons (Fsp3) is 0.611. The van der Waals surface area contributed by atoms with Crippen LogP contribution in [-0.2, 0) is 0 Å². The molecule has 1 fully saturated rings. The van der Waals surface area contributed by atoms with Crippen molar-refractivity contribution in [3.8, 4) is 5.75 Å². The summed E-state index contributed by atoms with van der Waals surface area (Å²) in [6.07, 6.45) is 2.14. The summed E-state index contributed by atoms with van der Waals surface area (Å²) in [5, 5.41) is 4.08. The molecule has 1 aromatic rings. The zero-order chi connectivity index (χ0) is 17.2. The monoisotopic (exact) mass is 478 g/mol. The number of rotatable bonds is 7. The molecule has 0 saturated carbocycles. The molecule has 1 aromatic carbocycles. The maximum atomic E-state index is 5.79. The quantitative estimate of drug-likeness (QED) is 0.371. The lowest BCUT2D eigenvalue weighted by atomic mass is 10.3. The van der Waals surface area contributed by atoms with Crippen molar-refractivity contribution >= 4 is 41.7 Å². The molecule has 142 valence electrons. The topological polar surface area (TPSA) is 40.1 Å². The van der Waals surface area contributed by atoms with Gasteiger partial charge >= 0.3 is 0 Å². The first-order valence-corrected chi connectivity index (χ1v) is 9.90. The summed E-state index contributed by atoms with van der Waals surface area (Å²) in [4.78, 5) is 9.23. The standard InChI is InChI=1S/C18H30N4OS.HI/c1-16(24-3)15-20-18(19-2)22-11-9-21(10-12-22)13-14-23-17-7-5-4-6-8-17;/h4-8,16H,9-15H2,1-3H3,(H,19,20);1H. The number of nitrogens with one attached hydrogen (secondary N) is 1. The van der Waals surface area contributed by atoms with Crippen LogP contribution in [0.25, 0.3) is 0 Å². The van der Waals surface area contributed by atoms with E-state index in [2.05, 4.69) is 33.3 Å². The molecule has 0 radical (unpaired) electrons. The van der Waals surface area contributed by atoms with Crippen molar-refractivity contribution in [2.24, 2.45) is 4.99 Å². The number of para-hydroxylation sites is 1. The molecule has 7 heteroatoms. The highest BCUT2D eigenvalue weighted by molar-refractivity contribution is 14.0. The molecule has 0 aliphatic carbocycles. The van der Waals surface area contributed by atoms with Gasteiger partial charge in [0.05, 0.1) is 0 Å². The Morgan fingerprint density at radius 1 is 1.24 bits per heavy atom. The summed E-state index contributed by atoms with van der Waals surface area (Å²) in [6, 6.07) is 10.0. The molecule has 2 rings (SSSR count). The lowest BCUT2D eigenvalue weighted by Gasteiger charge is -2.36. The Bertz CT molecular complexity index is 495. The Morgan fingerprint density at radius 3 is 2.52 bits per heavy atom. The average molecular weight is 478 g/mol. The van der Waals surface area contributed by atoms with E-state index in [0.29, 0.717) is 5.25 Å². The minimum absolute atomic E-state index is 0. The zero-order valence-corrected chi connectivity index (χ0v) is 18.6. The molecule has 0 bridgehead atoms. The smallest absolute Gasteiger partial charge is 0.193 e. The van der Waals surface area contributed by atoms with Crippen LogP contribution in [-0.4, -0.2) is 80.2 Å². The molecule has 1 heterocycles. The van der Waals surface area contributed by atoms with Gasteiger partial charge < -0.3 is 15.0 Å². The lowest BCUT2D eigenvalue weighted by Crippen LogP contribution is -2.53. The average Bonchev–Trinajstić information content (AvgIpc) is 2.64. The predicted molar refractivity (Wildman–Crippen MR) is 120 cm³/mol. The second kappa shape index (κ2) is 12.6. The maximum absolute atomic E-state index is 5.79. The molecule has 1 unspecified atom stereocenters. The molecule has 0 amide bonds. The second-order valence-electron chi connectivity index (χ2n) is 5.96. The molecule has 1 aliphatic heterocycles. The molecular formula is C18H31IN4OS. The first-order chi connectivity index (χ1) is 11.7. The van der Waals surface area contributed by atoms with Crippen molar-refractivity contribution in [2.75, 3.05) is 59.2 Å². The van der Waals surface area contributed by atoms with Crippen LogP contribution < -0.4 is 10.1 Å². The van der Waals surface area contributed by atoms with Gasteiger partial charge in [0.25, 0.3) is 0 Å². The van der Waals surface area contributed by atoms with Crippen LogP contribution in [0.3, 0.4) is 0 Å². The third-order valence-corrected chi connectivity index (χ3v) is 5.22. The summed E-state index contributed by atoms with van der Waals surface area (Å²) in [5.41, 5.74) is 0. The molecule has 1 N–H and O–H groups in total.